The number of nitrogens with one attached hydrogen (secondary N) is 1. The monoisotopic (exact) mass is 373 g/mol. The highest BCUT2D eigenvalue weighted by molar-refractivity contribution is 5.87. The quantitative estimate of drug-likeness (QED) is 0.439. The van der Waals surface area contributed by atoms with Gasteiger partial charge in [0.1, 0.15) is 0 Å². The lowest BCUT2D eigenvalue weighted by atomic mass is 10.1. The van der Waals surface area contributed by atoms with Crippen molar-refractivity contribution < 1.29 is 19.6 Å². The number of hydrogen-bond donors (Lipinski definition) is 1. The van der Waals surface area contributed by atoms with Crippen LogP contribution in [0.15, 0.2) is 47.6 Å². The van der Waals surface area contributed by atoms with Crippen LogP contribution in [0.2, 0.25) is 0 Å². The first kappa shape index (κ1) is 19.1. The smallest absolute Gasteiger partial charge is 0.273 e. The van der Waals surface area contributed by atoms with Gasteiger partial charge >= 0.3 is 0 Å². The number of non-ortho nitro benzene ring substituents is 1. The summed E-state index contributed by atoms with van der Waals surface area (Å²) in [5.41, 5.74) is 0.973. The molecule has 0 fully saturated rings. The Morgan fingerprint density at radius 1 is 0.963 bits per heavy atom. The van der Waals surface area contributed by atoms with Crippen LogP contribution in [0, 0.1) is 30.3 Å². The zero-order valence-electron chi connectivity index (χ0n) is 13.5. The van der Waals surface area contributed by atoms with Gasteiger partial charge in [-0.3, -0.25) is 35.1 Å². The number of hydrogen-bond acceptors (Lipinski definition) is 8. The molecule has 27 heavy (non-hydrogen) atoms. The molecule has 1 amide bonds. The molecule has 0 saturated carbocycles. The summed E-state index contributed by atoms with van der Waals surface area (Å²) in [5, 5.41) is 36.2. The van der Waals surface area contributed by atoms with Crippen LogP contribution in [0.5, 0.6) is 0 Å². The summed E-state index contributed by atoms with van der Waals surface area (Å²) >= 11 is 0. The molecule has 0 spiro atoms. The van der Waals surface area contributed by atoms with E-state index in [0.717, 1.165) is 24.4 Å². The van der Waals surface area contributed by atoms with Crippen molar-refractivity contribution in [1.29, 1.82) is 0 Å². The molecule has 2 rings (SSSR count). The fourth-order valence-electron chi connectivity index (χ4n) is 2.13. The number of amides is 1. The third kappa shape index (κ3) is 4.88. The zero-order valence-corrected chi connectivity index (χ0v) is 13.5. The predicted molar refractivity (Wildman–Crippen MR) is 92.3 cm³/mol. The molecule has 12 heteroatoms. The average Bonchev–Trinajstić information content (AvgIpc) is 2.61. The summed E-state index contributed by atoms with van der Waals surface area (Å²) in [7, 11) is 0. The molecule has 0 atom stereocenters. The van der Waals surface area contributed by atoms with Crippen molar-refractivity contribution in [1.82, 2.24) is 5.43 Å². The molecule has 0 unspecified atom stereocenters. The third-order valence-corrected chi connectivity index (χ3v) is 3.35. The Morgan fingerprint density at radius 2 is 1.63 bits per heavy atom. The summed E-state index contributed by atoms with van der Waals surface area (Å²) in [4.78, 5) is 42.3. The molecule has 0 aliphatic carbocycles. The second-order valence-electron chi connectivity index (χ2n) is 5.11. The highest BCUT2D eigenvalue weighted by Gasteiger charge is 2.21. The van der Waals surface area contributed by atoms with Crippen LogP contribution in [0.4, 0.5) is 17.1 Å². The largest absolute Gasteiger partial charge is 0.279 e. The number of para-hydroxylation sites is 1. The molecule has 2 aromatic carbocycles. The second kappa shape index (κ2) is 8.24. The molecule has 0 aliphatic rings. The van der Waals surface area contributed by atoms with Gasteiger partial charge < -0.3 is 0 Å². The lowest BCUT2D eigenvalue weighted by Gasteiger charge is -2.02. The van der Waals surface area contributed by atoms with Gasteiger partial charge in [-0.05, 0) is 12.1 Å². The highest BCUT2D eigenvalue weighted by Crippen LogP contribution is 2.25. The van der Waals surface area contributed by atoms with Crippen LogP contribution in [0.3, 0.4) is 0 Å². The fraction of sp³-hybridized carbons (Fsp3) is 0.0667. The average molecular weight is 373 g/mol. The Balaban J connectivity index is 2.11. The molecule has 12 nitrogen and oxygen atoms in total. The fourth-order valence-corrected chi connectivity index (χ4v) is 2.13. The molecule has 0 aliphatic heterocycles. The van der Waals surface area contributed by atoms with Crippen LogP contribution in [-0.2, 0) is 11.2 Å². The third-order valence-electron chi connectivity index (χ3n) is 3.35. The van der Waals surface area contributed by atoms with Crippen molar-refractivity contribution in [2.75, 3.05) is 0 Å². The molecule has 1 N–H and O–H groups in total. The second-order valence-corrected chi connectivity index (χ2v) is 5.11. The topological polar surface area (TPSA) is 171 Å². The first-order valence-corrected chi connectivity index (χ1v) is 7.26. The summed E-state index contributed by atoms with van der Waals surface area (Å²) < 4.78 is 0. The number of nitrogens with zero attached hydrogens (tertiary/aromatic N) is 4. The Morgan fingerprint density at radius 3 is 2.26 bits per heavy atom. The molecule has 2 aromatic rings. The van der Waals surface area contributed by atoms with E-state index < -0.39 is 38.5 Å². The van der Waals surface area contributed by atoms with E-state index in [0.29, 0.717) is 0 Å². The SMILES string of the molecule is O=C(Cc1ccc([N+](=O)[O-])cc1[N+](=O)[O-])N/N=C\c1ccccc1[N+](=O)[O-]. The number of nitro benzene ring substituents is 3. The predicted octanol–water partition coefficient (Wildman–Crippen LogP) is 2.10. The van der Waals surface area contributed by atoms with Crippen LogP contribution in [0.1, 0.15) is 11.1 Å². The van der Waals surface area contributed by atoms with E-state index >= 15 is 0 Å². The molecule has 138 valence electrons. The normalized spacial score (nSPS) is 10.5. The lowest BCUT2D eigenvalue weighted by molar-refractivity contribution is -0.394. The van der Waals surface area contributed by atoms with E-state index in [4.69, 9.17) is 0 Å². The van der Waals surface area contributed by atoms with Crippen molar-refractivity contribution in [3.05, 3.63) is 83.9 Å². The van der Waals surface area contributed by atoms with Gasteiger partial charge in [0.2, 0.25) is 5.91 Å². The van der Waals surface area contributed by atoms with E-state index in [-0.39, 0.29) is 16.8 Å². The van der Waals surface area contributed by atoms with Crippen molar-refractivity contribution >= 4 is 29.2 Å². The maximum Gasteiger partial charge on any atom is 0.279 e. The molecular weight excluding hydrogens is 362 g/mol. The maximum atomic E-state index is 11.9. The van der Waals surface area contributed by atoms with E-state index in [2.05, 4.69) is 10.5 Å². The number of hydrazone groups is 1. The molecule has 0 aromatic heterocycles. The molecule has 0 saturated heterocycles. The molecule has 0 radical (unpaired) electrons. The van der Waals surface area contributed by atoms with Crippen molar-refractivity contribution in [3.63, 3.8) is 0 Å². The Labute approximate surface area is 150 Å². The minimum atomic E-state index is -0.827. The van der Waals surface area contributed by atoms with Crippen LogP contribution >= 0.6 is 0 Å². The first-order chi connectivity index (χ1) is 12.8. The van der Waals surface area contributed by atoms with Crippen molar-refractivity contribution in [3.8, 4) is 0 Å². The number of nitro groups is 3. The van der Waals surface area contributed by atoms with Crippen LogP contribution in [-0.4, -0.2) is 26.9 Å². The van der Waals surface area contributed by atoms with Gasteiger partial charge in [0.25, 0.3) is 17.1 Å². The summed E-state index contributed by atoms with van der Waals surface area (Å²) in [5.74, 6) is -0.734. The summed E-state index contributed by atoms with van der Waals surface area (Å²) in [6.45, 7) is 0. The van der Waals surface area contributed by atoms with E-state index in [9.17, 15) is 35.1 Å². The Kier molecular flexibility index (Phi) is 5.83. The Hall–Kier alpha value is -4.22. The lowest BCUT2D eigenvalue weighted by Crippen LogP contribution is -2.20. The zero-order chi connectivity index (χ0) is 20.0. The van der Waals surface area contributed by atoms with Crippen molar-refractivity contribution in [2.45, 2.75) is 6.42 Å². The van der Waals surface area contributed by atoms with Crippen LogP contribution in [0.25, 0.3) is 0 Å². The molecule has 0 heterocycles. The minimum Gasteiger partial charge on any atom is -0.273 e. The summed E-state index contributed by atoms with van der Waals surface area (Å²) in [6, 6.07) is 8.64. The molecule has 0 bridgehead atoms. The van der Waals surface area contributed by atoms with Crippen molar-refractivity contribution in [2.24, 2.45) is 5.10 Å². The van der Waals surface area contributed by atoms with Gasteiger partial charge in [-0.15, -0.1) is 0 Å². The maximum absolute atomic E-state index is 11.9. The highest BCUT2D eigenvalue weighted by atomic mass is 16.6. The Bertz CT molecular complexity index is 957. The van der Waals surface area contributed by atoms with Gasteiger partial charge in [-0.1, -0.05) is 12.1 Å². The van der Waals surface area contributed by atoms with E-state index in [1.165, 1.54) is 18.2 Å². The van der Waals surface area contributed by atoms with E-state index in [1.54, 1.807) is 6.07 Å². The summed E-state index contributed by atoms with van der Waals surface area (Å²) in [6.07, 6.45) is 0.614. The van der Waals surface area contributed by atoms with Gasteiger partial charge in [0.05, 0.1) is 39.0 Å². The number of rotatable bonds is 7. The van der Waals surface area contributed by atoms with Crippen LogP contribution < -0.4 is 5.43 Å². The van der Waals surface area contributed by atoms with E-state index in [1.807, 2.05) is 0 Å². The number of carbonyl (C=O) groups is 1. The molecular formula is C15H11N5O7. The van der Waals surface area contributed by atoms with Gasteiger partial charge in [-0.25, -0.2) is 5.43 Å². The number of carbonyl (C=O) groups excluding carboxylic acids is 1. The number of benzene rings is 2. The minimum absolute atomic E-state index is 0.0380. The van der Waals surface area contributed by atoms with Gasteiger partial charge in [0, 0.05) is 17.7 Å². The standard InChI is InChI=1S/C15H11N5O7/c21-15(17-16-9-11-3-1-2-4-13(11)19(24)25)7-10-5-6-12(18(22)23)8-14(10)20(26)27/h1-6,8-9H,7H2,(H,17,21)/b16-9-. The van der Waals surface area contributed by atoms with Gasteiger partial charge in [-0.2, -0.15) is 5.10 Å². The first-order valence-electron chi connectivity index (χ1n) is 7.26. The van der Waals surface area contributed by atoms with Gasteiger partial charge in [0.15, 0.2) is 0 Å².